The van der Waals surface area contributed by atoms with Crippen LogP contribution in [0.3, 0.4) is 0 Å². The molecule has 3 heteroatoms. The standard InChI is InChI=1S/C14H12N2O/c1-2-11-5-8-14(16-10-11)17-13-6-3-12(9-15)4-7-13/h3-8,10H,2H2,1H3. The fraction of sp³-hybridized carbons (Fsp3) is 0.143. The molecule has 0 N–H and O–H groups in total. The second-order valence-corrected chi connectivity index (χ2v) is 3.60. The summed E-state index contributed by atoms with van der Waals surface area (Å²) >= 11 is 0. The quantitative estimate of drug-likeness (QED) is 0.803. The summed E-state index contributed by atoms with van der Waals surface area (Å²) in [5, 5.41) is 8.67. The minimum absolute atomic E-state index is 0.562. The predicted molar refractivity (Wildman–Crippen MR) is 64.8 cm³/mol. The highest BCUT2D eigenvalue weighted by Gasteiger charge is 1.99. The molecule has 2 aromatic rings. The average molecular weight is 224 g/mol. The van der Waals surface area contributed by atoms with E-state index in [0.29, 0.717) is 17.2 Å². The summed E-state index contributed by atoms with van der Waals surface area (Å²) in [7, 11) is 0. The van der Waals surface area contributed by atoms with E-state index in [4.69, 9.17) is 10.00 Å². The van der Waals surface area contributed by atoms with Crippen LogP contribution in [0.4, 0.5) is 0 Å². The molecule has 2 rings (SSSR count). The van der Waals surface area contributed by atoms with Gasteiger partial charge in [0.2, 0.25) is 5.88 Å². The summed E-state index contributed by atoms with van der Waals surface area (Å²) < 4.78 is 5.56. The van der Waals surface area contributed by atoms with Crippen LogP contribution in [-0.4, -0.2) is 4.98 Å². The monoisotopic (exact) mass is 224 g/mol. The van der Waals surface area contributed by atoms with Crippen LogP contribution in [-0.2, 0) is 6.42 Å². The summed E-state index contributed by atoms with van der Waals surface area (Å²) in [4.78, 5) is 4.20. The largest absolute Gasteiger partial charge is 0.439 e. The van der Waals surface area contributed by atoms with Gasteiger partial charge in [0.05, 0.1) is 11.6 Å². The molecule has 1 aromatic heterocycles. The van der Waals surface area contributed by atoms with Crippen LogP contribution in [0.2, 0.25) is 0 Å². The lowest BCUT2D eigenvalue weighted by Gasteiger charge is -2.04. The van der Waals surface area contributed by atoms with Gasteiger partial charge in [-0.05, 0) is 36.2 Å². The topological polar surface area (TPSA) is 45.9 Å². The van der Waals surface area contributed by atoms with Crippen LogP contribution in [0.15, 0.2) is 42.6 Å². The first-order chi connectivity index (χ1) is 8.31. The molecule has 1 heterocycles. The average Bonchev–Trinajstić information content (AvgIpc) is 2.40. The number of ether oxygens (including phenoxy) is 1. The Hall–Kier alpha value is -2.34. The van der Waals surface area contributed by atoms with Gasteiger partial charge < -0.3 is 4.74 Å². The van der Waals surface area contributed by atoms with Gasteiger partial charge >= 0.3 is 0 Å². The zero-order valence-corrected chi connectivity index (χ0v) is 9.55. The summed E-state index contributed by atoms with van der Waals surface area (Å²) in [6, 6.07) is 12.9. The molecule has 3 nitrogen and oxygen atoms in total. The van der Waals surface area contributed by atoms with Crippen molar-refractivity contribution in [3.05, 3.63) is 53.7 Å². The molecule has 0 aliphatic heterocycles. The van der Waals surface area contributed by atoms with Crippen molar-refractivity contribution in [2.75, 3.05) is 0 Å². The van der Waals surface area contributed by atoms with Crippen molar-refractivity contribution in [2.24, 2.45) is 0 Å². The van der Waals surface area contributed by atoms with Crippen LogP contribution < -0.4 is 4.74 Å². The van der Waals surface area contributed by atoms with Crippen LogP contribution in [0.5, 0.6) is 11.6 Å². The van der Waals surface area contributed by atoms with Crippen molar-refractivity contribution in [3.8, 4) is 17.7 Å². The van der Waals surface area contributed by atoms with E-state index in [0.717, 1.165) is 6.42 Å². The molecule has 17 heavy (non-hydrogen) atoms. The van der Waals surface area contributed by atoms with Gasteiger partial charge in [0.25, 0.3) is 0 Å². The van der Waals surface area contributed by atoms with E-state index >= 15 is 0 Å². The molecule has 0 aliphatic rings. The molecule has 0 saturated carbocycles. The minimum Gasteiger partial charge on any atom is -0.439 e. The zero-order valence-electron chi connectivity index (χ0n) is 9.55. The van der Waals surface area contributed by atoms with Gasteiger partial charge in [0, 0.05) is 12.3 Å². The second-order valence-electron chi connectivity index (χ2n) is 3.60. The Morgan fingerprint density at radius 2 is 1.94 bits per heavy atom. The van der Waals surface area contributed by atoms with Gasteiger partial charge in [-0.2, -0.15) is 5.26 Å². The molecule has 0 aliphatic carbocycles. The van der Waals surface area contributed by atoms with Crippen LogP contribution in [0.1, 0.15) is 18.1 Å². The number of hydrogen-bond donors (Lipinski definition) is 0. The molecule has 0 unspecified atom stereocenters. The number of benzene rings is 1. The van der Waals surface area contributed by atoms with Gasteiger partial charge in [-0.3, -0.25) is 0 Å². The molecular formula is C14H12N2O. The maximum atomic E-state index is 8.67. The second kappa shape index (κ2) is 5.13. The number of hydrogen-bond acceptors (Lipinski definition) is 3. The van der Waals surface area contributed by atoms with Gasteiger partial charge in [0.15, 0.2) is 0 Å². The van der Waals surface area contributed by atoms with E-state index in [-0.39, 0.29) is 0 Å². The van der Waals surface area contributed by atoms with E-state index in [1.54, 1.807) is 30.5 Å². The lowest BCUT2D eigenvalue weighted by Crippen LogP contribution is -1.89. The van der Waals surface area contributed by atoms with E-state index in [1.165, 1.54) is 5.56 Å². The Kier molecular flexibility index (Phi) is 3.37. The summed E-state index contributed by atoms with van der Waals surface area (Å²) in [5.74, 6) is 1.24. The maximum absolute atomic E-state index is 8.67. The highest BCUT2D eigenvalue weighted by Crippen LogP contribution is 2.19. The van der Waals surface area contributed by atoms with E-state index < -0.39 is 0 Å². The van der Waals surface area contributed by atoms with Crippen LogP contribution in [0, 0.1) is 11.3 Å². The molecule has 0 atom stereocenters. The molecule has 1 aromatic carbocycles. The lowest BCUT2D eigenvalue weighted by atomic mass is 10.2. The van der Waals surface area contributed by atoms with E-state index in [9.17, 15) is 0 Å². The minimum atomic E-state index is 0.562. The number of rotatable bonds is 3. The number of aryl methyl sites for hydroxylation is 1. The Labute approximate surface area is 100 Å². The zero-order chi connectivity index (χ0) is 12.1. The first-order valence-electron chi connectivity index (χ1n) is 5.45. The molecule has 0 radical (unpaired) electrons. The predicted octanol–water partition coefficient (Wildman–Crippen LogP) is 3.31. The molecule has 84 valence electrons. The van der Waals surface area contributed by atoms with Crippen molar-refractivity contribution in [3.63, 3.8) is 0 Å². The summed E-state index contributed by atoms with van der Waals surface area (Å²) in [6.07, 6.45) is 2.77. The van der Waals surface area contributed by atoms with Crippen LogP contribution >= 0.6 is 0 Å². The SMILES string of the molecule is CCc1ccc(Oc2ccc(C#N)cc2)nc1. The first-order valence-corrected chi connectivity index (χ1v) is 5.45. The fourth-order valence-corrected chi connectivity index (χ4v) is 1.40. The lowest BCUT2D eigenvalue weighted by molar-refractivity contribution is 0.462. The Morgan fingerprint density at radius 1 is 1.18 bits per heavy atom. The third-order valence-corrected chi connectivity index (χ3v) is 2.41. The van der Waals surface area contributed by atoms with Crippen molar-refractivity contribution < 1.29 is 4.74 Å². The highest BCUT2D eigenvalue weighted by atomic mass is 16.5. The van der Waals surface area contributed by atoms with Crippen molar-refractivity contribution in [1.82, 2.24) is 4.98 Å². The highest BCUT2D eigenvalue weighted by molar-refractivity contribution is 5.36. The van der Waals surface area contributed by atoms with E-state index in [2.05, 4.69) is 18.0 Å². The smallest absolute Gasteiger partial charge is 0.219 e. The molecule has 0 spiro atoms. The Balaban J connectivity index is 2.11. The first kappa shape index (κ1) is 11.2. The van der Waals surface area contributed by atoms with Gasteiger partial charge in [-0.1, -0.05) is 13.0 Å². The molecule has 0 fully saturated rings. The van der Waals surface area contributed by atoms with E-state index in [1.807, 2.05) is 12.1 Å². The van der Waals surface area contributed by atoms with Crippen molar-refractivity contribution in [2.45, 2.75) is 13.3 Å². The van der Waals surface area contributed by atoms with Crippen molar-refractivity contribution in [1.29, 1.82) is 5.26 Å². The number of nitriles is 1. The van der Waals surface area contributed by atoms with Crippen LogP contribution in [0.25, 0.3) is 0 Å². The number of nitrogens with zero attached hydrogens (tertiary/aromatic N) is 2. The molecule has 0 amide bonds. The Bertz CT molecular complexity index is 524. The molecule has 0 bridgehead atoms. The normalized spacial score (nSPS) is 9.65. The van der Waals surface area contributed by atoms with Gasteiger partial charge in [-0.25, -0.2) is 4.98 Å². The third kappa shape index (κ3) is 2.82. The summed E-state index contributed by atoms with van der Waals surface area (Å²) in [5.41, 5.74) is 1.80. The van der Waals surface area contributed by atoms with Gasteiger partial charge in [-0.15, -0.1) is 0 Å². The third-order valence-electron chi connectivity index (χ3n) is 2.41. The van der Waals surface area contributed by atoms with Gasteiger partial charge in [0.1, 0.15) is 5.75 Å². The number of aromatic nitrogens is 1. The summed E-state index contributed by atoms with van der Waals surface area (Å²) in [6.45, 7) is 2.08. The maximum Gasteiger partial charge on any atom is 0.219 e. The van der Waals surface area contributed by atoms with Crippen molar-refractivity contribution >= 4 is 0 Å². The fourth-order valence-electron chi connectivity index (χ4n) is 1.40. The Morgan fingerprint density at radius 3 is 2.47 bits per heavy atom. The molecule has 0 saturated heterocycles. The molecular weight excluding hydrogens is 212 g/mol. The number of pyridine rings is 1.